The summed E-state index contributed by atoms with van der Waals surface area (Å²) in [5.41, 5.74) is 3.57. The van der Waals surface area contributed by atoms with E-state index in [1.807, 2.05) is 0 Å². The number of benzene rings is 2. The van der Waals surface area contributed by atoms with Gasteiger partial charge in [0.05, 0.1) is 4.70 Å². The van der Waals surface area contributed by atoms with Gasteiger partial charge in [-0.15, -0.1) is 0 Å². The standard InChI is InChI=1S/C16H13N2S/c1-10-9-11(2)18-14-8-7-12-5-3-4-6-13(12)15(14)19-16(18)17-10/h3-9H,1-2H3/q+1. The summed E-state index contributed by atoms with van der Waals surface area (Å²) in [5.74, 6) is 0. The number of rotatable bonds is 0. The molecule has 0 aliphatic rings. The Kier molecular flexibility index (Phi) is 2.15. The maximum atomic E-state index is 4.66. The summed E-state index contributed by atoms with van der Waals surface area (Å²) in [5, 5.41) is 2.60. The molecule has 0 unspecified atom stereocenters. The van der Waals surface area contributed by atoms with Gasteiger partial charge < -0.3 is 0 Å². The Morgan fingerprint density at radius 2 is 1.89 bits per heavy atom. The van der Waals surface area contributed by atoms with Gasteiger partial charge in [0.15, 0.2) is 11.2 Å². The molecule has 4 rings (SSSR count). The smallest absolute Gasteiger partial charge is 0.183 e. The Bertz CT molecular complexity index is 938. The first-order valence-electron chi connectivity index (χ1n) is 6.34. The summed E-state index contributed by atoms with van der Waals surface area (Å²) in [4.78, 5) is 5.74. The van der Waals surface area contributed by atoms with Crippen molar-refractivity contribution < 1.29 is 4.40 Å². The minimum atomic E-state index is 1.07. The second-order valence-corrected chi connectivity index (χ2v) is 5.87. The second-order valence-electron chi connectivity index (χ2n) is 4.89. The van der Waals surface area contributed by atoms with Crippen LogP contribution in [0.25, 0.3) is 25.9 Å². The molecule has 0 amide bonds. The van der Waals surface area contributed by atoms with Crippen LogP contribution in [0.2, 0.25) is 0 Å². The summed E-state index contributed by atoms with van der Waals surface area (Å²) < 4.78 is 3.57. The maximum Gasteiger partial charge on any atom is 0.388 e. The number of fused-ring (bicyclic) bond motifs is 5. The van der Waals surface area contributed by atoms with E-state index in [0.29, 0.717) is 0 Å². The molecule has 0 fully saturated rings. The predicted octanol–water partition coefficient (Wildman–Crippen LogP) is 3.81. The number of hydrogen-bond acceptors (Lipinski definition) is 2. The van der Waals surface area contributed by atoms with E-state index in [1.54, 1.807) is 11.3 Å². The zero-order valence-corrected chi connectivity index (χ0v) is 11.7. The molecule has 0 bridgehead atoms. The van der Waals surface area contributed by atoms with Gasteiger partial charge in [0.25, 0.3) is 0 Å². The predicted molar refractivity (Wildman–Crippen MR) is 79.8 cm³/mol. The van der Waals surface area contributed by atoms with Crippen LogP contribution in [0.5, 0.6) is 0 Å². The van der Waals surface area contributed by atoms with Gasteiger partial charge >= 0.3 is 4.96 Å². The Morgan fingerprint density at radius 3 is 2.79 bits per heavy atom. The second kappa shape index (κ2) is 3.75. The molecule has 92 valence electrons. The van der Waals surface area contributed by atoms with Crippen LogP contribution < -0.4 is 4.40 Å². The molecule has 4 aromatic rings. The van der Waals surface area contributed by atoms with E-state index in [4.69, 9.17) is 0 Å². The van der Waals surface area contributed by atoms with Gasteiger partial charge in [-0.2, -0.15) is 4.40 Å². The molecule has 2 nitrogen and oxygen atoms in total. The van der Waals surface area contributed by atoms with Crippen LogP contribution in [-0.4, -0.2) is 4.98 Å². The number of thiazole rings is 1. The van der Waals surface area contributed by atoms with Crippen molar-refractivity contribution in [1.82, 2.24) is 4.98 Å². The molecule has 0 aliphatic heterocycles. The Balaban J connectivity index is 2.31. The van der Waals surface area contributed by atoms with Gasteiger partial charge in [-0.1, -0.05) is 30.3 Å². The van der Waals surface area contributed by atoms with Crippen LogP contribution in [0.3, 0.4) is 0 Å². The average Bonchev–Trinajstić information content (AvgIpc) is 2.77. The molecule has 0 saturated carbocycles. The number of nitrogens with zero attached hydrogens (tertiary/aromatic N) is 2. The monoisotopic (exact) mass is 265 g/mol. The van der Waals surface area contributed by atoms with E-state index < -0.39 is 0 Å². The molecule has 0 aliphatic carbocycles. The van der Waals surface area contributed by atoms with Gasteiger partial charge in [0.2, 0.25) is 0 Å². The summed E-state index contributed by atoms with van der Waals surface area (Å²) in [7, 11) is 0. The summed E-state index contributed by atoms with van der Waals surface area (Å²) in [6, 6.07) is 15.1. The van der Waals surface area contributed by atoms with Crippen molar-refractivity contribution in [1.29, 1.82) is 0 Å². The third kappa shape index (κ3) is 1.48. The first-order chi connectivity index (χ1) is 9.24. The molecule has 0 spiro atoms. The van der Waals surface area contributed by atoms with Crippen molar-refractivity contribution in [2.45, 2.75) is 13.8 Å². The van der Waals surface area contributed by atoms with E-state index in [2.05, 4.69) is 65.7 Å². The van der Waals surface area contributed by atoms with Crippen molar-refractivity contribution in [2.75, 3.05) is 0 Å². The molecule has 0 saturated heterocycles. The highest BCUT2D eigenvalue weighted by atomic mass is 32.1. The van der Waals surface area contributed by atoms with E-state index in [0.717, 1.165) is 10.7 Å². The zero-order chi connectivity index (χ0) is 13.0. The van der Waals surface area contributed by atoms with Crippen LogP contribution in [0.4, 0.5) is 0 Å². The van der Waals surface area contributed by atoms with Crippen LogP contribution >= 0.6 is 11.3 Å². The van der Waals surface area contributed by atoms with E-state index >= 15 is 0 Å². The van der Waals surface area contributed by atoms with Crippen LogP contribution in [0.1, 0.15) is 11.4 Å². The Morgan fingerprint density at radius 1 is 1.05 bits per heavy atom. The highest BCUT2D eigenvalue weighted by Crippen LogP contribution is 2.29. The summed E-state index contributed by atoms with van der Waals surface area (Å²) in [6.07, 6.45) is 0. The molecule has 0 N–H and O–H groups in total. The molecule has 19 heavy (non-hydrogen) atoms. The van der Waals surface area contributed by atoms with Gasteiger partial charge in [0, 0.05) is 18.4 Å². The minimum Gasteiger partial charge on any atom is -0.183 e. The third-order valence-electron chi connectivity index (χ3n) is 3.53. The lowest BCUT2D eigenvalue weighted by molar-refractivity contribution is -0.488. The number of aromatic nitrogens is 2. The number of hydrogen-bond donors (Lipinski definition) is 0. The lowest BCUT2D eigenvalue weighted by atomic mass is 10.1. The normalized spacial score (nSPS) is 11.7. The zero-order valence-electron chi connectivity index (χ0n) is 10.8. The molecule has 2 aromatic carbocycles. The van der Waals surface area contributed by atoms with E-state index in [9.17, 15) is 0 Å². The first kappa shape index (κ1) is 10.9. The van der Waals surface area contributed by atoms with Crippen molar-refractivity contribution >= 4 is 37.3 Å². The van der Waals surface area contributed by atoms with Gasteiger partial charge in [-0.05, 0) is 34.7 Å². The maximum absolute atomic E-state index is 4.66. The van der Waals surface area contributed by atoms with Crippen molar-refractivity contribution in [3.63, 3.8) is 0 Å². The quantitative estimate of drug-likeness (QED) is 0.442. The van der Waals surface area contributed by atoms with E-state index in [-0.39, 0.29) is 0 Å². The average molecular weight is 265 g/mol. The van der Waals surface area contributed by atoms with E-state index in [1.165, 1.54) is 26.7 Å². The molecular formula is C16H13N2S+. The lowest BCUT2D eigenvalue weighted by Gasteiger charge is -1.97. The Labute approximate surface area is 115 Å². The van der Waals surface area contributed by atoms with Gasteiger partial charge in [-0.3, -0.25) is 0 Å². The Hall–Kier alpha value is -2.00. The van der Waals surface area contributed by atoms with Crippen molar-refractivity contribution in [3.8, 4) is 0 Å². The molecule has 0 atom stereocenters. The number of aryl methyl sites for hydroxylation is 2. The summed E-state index contributed by atoms with van der Waals surface area (Å²) >= 11 is 1.77. The lowest BCUT2D eigenvalue weighted by Crippen LogP contribution is -2.24. The SMILES string of the molecule is Cc1cc(C)[n+]2c(n1)sc1c3ccccc3ccc12. The van der Waals surface area contributed by atoms with Crippen molar-refractivity contribution in [3.05, 3.63) is 53.9 Å². The highest BCUT2D eigenvalue weighted by molar-refractivity contribution is 7.23. The molecule has 2 heterocycles. The van der Waals surface area contributed by atoms with Crippen LogP contribution in [-0.2, 0) is 0 Å². The molecule has 0 radical (unpaired) electrons. The van der Waals surface area contributed by atoms with Crippen LogP contribution in [0.15, 0.2) is 42.5 Å². The highest BCUT2D eigenvalue weighted by Gasteiger charge is 2.18. The third-order valence-corrected chi connectivity index (χ3v) is 4.62. The summed E-state index contributed by atoms with van der Waals surface area (Å²) in [6.45, 7) is 4.19. The fourth-order valence-electron chi connectivity index (χ4n) is 2.72. The minimum absolute atomic E-state index is 1.07. The van der Waals surface area contributed by atoms with Crippen molar-refractivity contribution in [2.24, 2.45) is 0 Å². The van der Waals surface area contributed by atoms with Crippen LogP contribution in [0, 0.1) is 13.8 Å². The molecule has 2 aromatic heterocycles. The topological polar surface area (TPSA) is 17.0 Å². The first-order valence-corrected chi connectivity index (χ1v) is 7.16. The fourth-order valence-corrected chi connectivity index (χ4v) is 3.98. The molecule has 3 heteroatoms. The van der Waals surface area contributed by atoms with Gasteiger partial charge in [-0.25, -0.2) is 0 Å². The fraction of sp³-hybridized carbons (Fsp3) is 0.125. The van der Waals surface area contributed by atoms with Gasteiger partial charge in [0.1, 0.15) is 5.69 Å². The molecular weight excluding hydrogens is 252 g/mol. The largest absolute Gasteiger partial charge is 0.388 e.